The lowest BCUT2D eigenvalue weighted by molar-refractivity contribution is -0.329. The Kier molecular flexibility index (Phi) is 11.1. The standard InChI is InChI=1S/C36H51N3O8/c1-25-10-15-29(36-33(45)31(43)32(44)34(22-40,47-36)23-46-36)21-28(25)20-27-13-11-26(12-14-27)8-7-9-30(42)37-35(16-5-4-6-17-35)39(24-41)19-18-38(2)3/h10-15,21,24,31-33,40,43-45H,4-9,16-20,22-23H2,1-3H3,(H,37,42)/t31-,32-,33+,34-,36-/m0/s1. The molecule has 2 amide bonds. The number of fused-ring (bicyclic) bond motifs is 2. The van der Waals surface area contributed by atoms with Gasteiger partial charge in [-0.3, -0.25) is 9.59 Å². The van der Waals surface area contributed by atoms with Crippen molar-refractivity contribution in [2.45, 2.75) is 100 Å². The van der Waals surface area contributed by atoms with E-state index in [0.717, 1.165) is 73.7 Å². The maximum Gasteiger partial charge on any atom is 0.225 e. The Morgan fingerprint density at radius 3 is 2.36 bits per heavy atom. The highest BCUT2D eigenvalue weighted by atomic mass is 16.8. The van der Waals surface area contributed by atoms with Gasteiger partial charge in [0, 0.05) is 25.1 Å². The third kappa shape index (κ3) is 7.27. The number of aliphatic hydroxyl groups excluding tert-OH is 4. The number of aliphatic hydroxyl groups is 4. The fourth-order valence-corrected chi connectivity index (χ4v) is 7.27. The summed E-state index contributed by atoms with van der Waals surface area (Å²) < 4.78 is 11.9. The minimum absolute atomic E-state index is 0.0217. The molecule has 47 heavy (non-hydrogen) atoms. The van der Waals surface area contributed by atoms with E-state index >= 15 is 0 Å². The second kappa shape index (κ2) is 14.7. The van der Waals surface area contributed by atoms with Crippen molar-refractivity contribution in [2.75, 3.05) is 40.4 Å². The number of benzene rings is 2. The van der Waals surface area contributed by atoms with Crippen molar-refractivity contribution in [1.29, 1.82) is 0 Å². The van der Waals surface area contributed by atoms with Crippen LogP contribution in [0, 0.1) is 6.92 Å². The van der Waals surface area contributed by atoms with Crippen LogP contribution in [-0.2, 0) is 37.7 Å². The first-order valence-electron chi connectivity index (χ1n) is 16.8. The lowest BCUT2D eigenvalue weighted by Crippen LogP contribution is -2.65. The van der Waals surface area contributed by atoms with Crippen molar-refractivity contribution in [1.82, 2.24) is 15.1 Å². The Morgan fingerprint density at radius 1 is 1.00 bits per heavy atom. The fraction of sp³-hybridized carbons (Fsp3) is 0.611. The summed E-state index contributed by atoms with van der Waals surface area (Å²) in [5.41, 5.74) is 2.61. The SMILES string of the molecule is Cc1ccc([C@]23OC[C@](CO)(O2)[C@@H](O)[C@H](O)[C@H]3O)cc1Cc1ccc(CCCC(=O)NC2(N(C=O)CCN(C)C)CCCCC2)cc1. The van der Waals surface area contributed by atoms with E-state index in [-0.39, 0.29) is 12.5 Å². The molecule has 2 heterocycles. The van der Waals surface area contributed by atoms with Crippen molar-refractivity contribution < 1.29 is 39.5 Å². The van der Waals surface area contributed by atoms with Crippen LogP contribution in [0.15, 0.2) is 42.5 Å². The lowest BCUT2D eigenvalue weighted by Gasteiger charge is -2.46. The van der Waals surface area contributed by atoms with Crippen molar-refractivity contribution in [3.63, 3.8) is 0 Å². The molecular weight excluding hydrogens is 602 g/mol. The van der Waals surface area contributed by atoms with Gasteiger partial charge >= 0.3 is 0 Å². The van der Waals surface area contributed by atoms with Crippen LogP contribution in [0.3, 0.4) is 0 Å². The van der Waals surface area contributed by atoms with Crippen LogP contribution in [0.25, 0.3) is 0 Å². The van der Waals surface area contributed by atoms with Gasteiger partial charge in [0.25, 0.3) is 0 Å². The first-order valence-corrected chi connectivity index (χ1v) is 16.8. The molecule has 0 aromatic heterocycles. The minimum Gasteiger partial charge on any atom is -0.393 e. The molecule has 1 saturated carbocycles. The summed E-state index contributed by atoms with van der Waals surface area (Å²) >= 11 is 0. The van der Waals surface area contributed by atoms with Crippen molar-refractivity contribution in [3.05, 3.63) is 70.3 Å². The Balaban J connectivity index is 1.19. The van der Waals surface area contributed by atoms with Crippen LogP contribution in [0.4, 0.5) is 0 Å². The molecule has 5 atom stereocenters. The fourth-order valence-electron chi connectivity index (χ4n) is 7.27. The number of hydrogen-bond donors (Lipinski definition) is 5. The quantitative estimate of drug-likeness (QED) is 0.152. The van der Waals surface area contributed by atoms with Gasteiger partial charge in [-0.2, -0.15) is 0 Å². The van der Waals surface area contributed by atoms with Crippen molar-refractivity contribution >= 4 is 12.3 Å². The van der Waals surface area contributed by atoms with Gasteiger partial charge in [0.1, 0.15) is 29.6 Å². The molecule has 0 radical (unpaired) electrons. The zero-order valence-corrected chi connectivity index (χ0v) is 27.9. The molecule has 258 valence electrons. The van der Waals surface area contributed by atoms with Gasteiger partial charge in [-0.1, -0.05) is 42.8 Å². The summed E-state index contributed by atoms with van der Waals surface area (Å²) in [5, 5.41) is 45.2. The predicted octanol–water partition coefficient (Wildman–Crippen LogP) is 1.73. The van der Waals surface area contributed by atoms with Gasteiger partial charge in [0.05, 0.1) is 13.2 Å². The Morgan fingerprint density at radius 2 is 1.70 bits per heavy atom. The summed E-state index contributed by atoms with van der Waals surface area (Å²) in [6.45, 7) is 2.58. The van der Waals surface area contributed by atoms with Crippen LogP contribution in [0.1, 0.15) is 72.8 Å². The van der Waals surface area contributed by atoms with E-state index in [1.807, 2.05) is 38.1 Å². The molecule has 0 spiro atoms. The number of likely N-dealkylation sites (N-methyl/N-ethyl adjacent to an activating group) is 1. The third-order valence-electron chi connectivity index (χ3n) is 10.3. The van der Waals surface area contributed by atoms with E-state index in [4.69, 9.17) is 9.47 Å². The minimum atomic E-state index is -1.70. The monoisotopic (exact) mass is 653 g/mol. The smallest absolute Gasteiger partial charge is 0.225 e. The average Bonchev–Trinajstić information content (AvgIpc) is 3.45. The topological polar surface area (TPSA) is 152 Å². The van der Waals surface area contributed by atoms with E-state index in [1.54, 1.807) is 11.0 Å². The molecule has 3 aliphatic rings. The van der Waals surface area contributed by atoms with Gasteiger partial charge < -0.3 is 45.0 Å². The highest BCUT2D eigenvalue weighted by molar-refractivity contribution is 5.77. The number of nitrogens with zero attached hydrogens (tertiary/aromatic N) is 2. The van der Waals surface area contributed by atoms with Gasteiger partial charge in [-0.05, 0) is 94.3 Å². The third-order valence-corrected chi connectivity index (χ3v) is 10.3. The van der Waals surface area contributed by atoms with Crippen LogP contribution in [0.5, 0.6) is 0 Å². The van der Waals surface area contributed by atoms with Gasteiger partial charge in [-0.15, -0.1) is 0 Å². The molecule has 2 bridgehead atoms. The van der Waals surface area contributed by atoms with E-state index in [0.29, 0.717) is 31.4 Å². The Bertz CT molecular complexity index is 1380. The van der Waals surface area contributed by atoms with Gasteiger partial charge in [0.15, 0.2) is 0 Å². The molecule has 2 aromatic rings. The molecule has 1 aliphatic carbocycles. The highest BCUT2D eigenvalue weighted by Crippen LogP contribution is 2.49. The number of aryl methyl sites for hydroxylation is 2. The van der Waals surface area contributed by atoms with Crippen molar-refractivity contribution in [2.24, 2.45) is 0 Å². The molecule has 2 saturated heterocycles. The zero-order valence-electron chi connectivity index (χ0n) is 27.9. The number of hydrogen-bond acceptors (Lipinski definition) is 9. The molecular formula is C36H51N3O8. The summed E-state index contributed by atoms with van der Waals surface area (Å²) in [5.74, 6) is -1.72. The van der Waals surface area contributed by atoms with Gasteiger partial charge in [-0.25, -0.2) is 0 Å². The van der Waals surface area contributed by atoms with E-state index in [2.05, 4.69) is 29.6 Å². The first kappa shape index (κ1) is 35.4. The molecule has 11 nitrogen and oxygen atoms in total. The molecule has 0 unspecified atom stereocenters. The van der Waals surface area contributed by atoms with Crippen molar-refractivity contribution in [3.8, 4) is 0 Å². The summed E-state index contributed by atoms with van der Waals surface area (Å²) in [6.07, 6.45) is 3.41. The summed E-state index contributed by atoms with van der Waals surface area (Å²) in [7, 11) is 3.96. The molecule has 5 rings (SSSR count). The van der Waals surface area contributed by atoms with Crippen LogP contribution in [-0.4, -0.2) is 113 Å². The normalized spacial score (nSPS) is 28.3. The number of amides is 2. The van der Waals surface area contributed by atoms with E-state index in [9.17, 15) is 30.0 Å². The number of ether oxygens (including phenoxy) is 2. The molecule has 5 N–H and O–H groups in total. The Hall–Kier alpha value is -2.90. The number of carbonyl (C=O) groups is 2. The van der Waals surface area contributed by atoms with Gasteiger partial charge in [0.2, 0.25) is 18.1 Å². The van der Waals surface area contributed by atoms with Crippen LogP contribution in [0.2, 0.25) is 0 Å². The summed E-state index contributed by atoms with van der Waals surface area (Å²) in [6, 6.07) is 13.8. The zero-order chi connectivity index (χ0) is 33.8. The molecule has 3 fully saturated rings. The number of carbonyl (C=O) groups excluding carboxylic acids is 2. The van der Waals surface area contributed by atoms with E-state index in [1.165, 1.54) is 0 Å². The highest BCUT2D eigenvalue weighted by Gasteiger charge is 2.67. The second-order valence-electron chi connectivity index (χ2n) is 13.9. The van der Waals surface area contributed by atoms with Crippen LogP contribution >= 0.6 is 0 Å². The average molecular weight is 654 g/mol. The lowest BCUT2D eigenvalue weighted by atomic mass is 9.83. The molecule has 11 heteroatoms. The Labute approximate surface area is 277 Å². The maximum atomic E-state index is 13.1. The van der Waals surface area contributed by atoms with E-state index < -0.39 is 42.0 Å². The summed E-state index contributed by atoms with van der Waals surface area (Å²) in [4.78, 5) is 29.0. The molecule has 2 aliphatic heterocycles. The second-order valence-corrected chi connectivity index (χ2v) is 13.9. The molecule has 2 aromatic carbocycles. The number of nitrogens with one attached hydrogen (secondary N) is 1. The first-order chi connectivity index (χ1) is 22.5. The number of rotatable bonds is 14. The predicted molar refractivity (Wildman–Crippen MR) is 175 cm³/mol. The van der Waals surface area contributed by atoms with Crippen LogP contribution < -0.4 is 5.32 Å². The maximum absolute atomic E-state index is 13.1. The largest absolute Gasteiger partial charge is 0.393 e.